The Morgan fingerprint density at radius 3 is 2.23 bits per heavy atom. The molecule has 22 heavy (non-hydrogen) atoms. The minimum Gasteiger partial charge on any atom is -0.375 e. The average molecular weight is 374 g/mol. The third-order valence-corrected chi connectivity index (χ3v) is 7.68. The molecule has 2 aliphatic heterocycles. The molecule has 7 nitrogen and oxygen atoms in total. The fourth-order valence-corrected chi connectivity index (χ4v) is 6.32. The van der Waals surface area contributed by atoms with Crippen molar-refractivity contribution in [1.29, 1.82) is 0 Å². The van der Waals surface area contributed by atoms with Crippen molar-refractivity contribution in [2.45, 2.75) is 25.0 Å². The smallest absolute Gasteiger partial charge is 0.237 e. The number of alkyl halides is 1. The van der Waals surface area contributed by atoms with Gasteiger partial charge in [0.2, 0.25) is 5.91 Å². The van der Waals surface area contributed by atoms with E-state index < -0.39 is 19.7 Å². The Hall–Kier alpha value is -0.380. The number of nitrogens with zero attached hydrogens (tertiary/aromatic N) is 1. The molecule has 0 aromatic heterocycles. The Labute approximate surface area is 135 Å². The average Bonchev–Trinajstić information content (AvgIpc) is 2.96. The van der Waals surface area contributed by atoms with Gasteiger partial charge in [0.1, 0.15) is 5.88 Å². The Morgan fingerprint density at radius 2 is 1.73 bits per heavy atom. The van der Waals surface area contributed by atoms with Crippen molar-refractivity contribution in [2.24, 2.45) is 0 Å². The van der Waals surface area contributed by atoms with Crippen LogP contribution in [0.3, 0.4) is 0 Å². The first kappa shape index (κ1) is 18.0. The molecule has 1 amide bonds. The van der Waals surface area contributed by atoms with Crippen molar-refractivity contribution in [3.63, 3.8) is 0 Å². The molecule has 0 aliphatic carbocycles. The van der Waals surface area contributed by atoms with Crippen LogP contribution in [0.4, 0.5) is 0 Å². The first-order valence-corrected chi connectivity index (χ1v) is 11.3. The van der Waals surface area contributed by atoms with Gasteiger partial charge in [0.25, 0.3) is 0 Å². The van der Waals surface area contributed by atoms with E-state index in [4.69, 9.17) is 16.3 Å². The van der Waals surface area contributed by atoms with Crippen molar-refractivity contribution in [3.8, 4) is 0 Å². The van der Waals surface area contributed by atoms with E-state index in [1.165, 1.54) is 4.90 Å². The van der Waals surface area contributed by atoms with Crippen LogP contribution < -0.4 is 0 Å². The molecular weight excluding hydrogens is 354 g/mol. The topological polar surface area (TPSA) is 97.8 Å². The number of hydrogen-bond donors (Lipinski definition) is 0. The lowest BCUT2D eigenvalue weighted by Gasteiger charge is -2.28. The van der Waals surface area contributed by atoms with E-state index in [1.807, 2.05) is 0 Å². The van der Waals surface area contributed by atoms with Gasteiger partial charge in [0.15, 0.2) is 19.7 Å². The normalized spacial score (nSPS) is 29.5. The van der Waals surface area contributed by atoms with E-state index in [1.54, 1.807) is 0 Å². The zero-order valence-corrected chi connectivity index (χ0v) is 14.5. The number of ether oxygens (including phenoxy) is 1. The molecule has 0 aromatic rings. The van der Waals surface area contributed by atoms with E-state index in [2.05, 4.69) is 0 Å². The molecular formula is C12H20ClNO6S2. The molecule has 2 atom stereocenters. The van der Waals surface area contributed by atoms with Gasteiger partial charge in [-0.05, 0) is 12.8 Å². The van der Waals surface area contributed by atoms with Crippen LogP contribution in [-0.2, 0) is 29.2 Å². The van der Waals surface area contributed by atoms with E-state index in [-0.39, 0.29) is 60.1 Å². The van der Waals surface area contributed by atoms with Gasteiger partial charge in [-0.2, -0.15) is 0 Å². The van der Waals surface area contributed by atoms with Gasteiger partial charge < -0.3 is 9.64 Å². The Balaban J connectivity index is 1.87. The maximum Gasteiger partial charge on any atom is 0.237 e. The third-order valence-electron chi connectivity index (χ3n) is 3.96. The summed E-state index contributed by atoms with van der Waals surface area (Å²) in [4.78, 5) is 13.3. The fourth-order valence-electron chi connectivity index (χ4n) is 2.82. The summed E-state index contributed by atoms with van der Waals surface area (Å²) in [6, 6.07) is -0.368. The Morgan fingerprint density at radius 1 is 1.09 bits per heavy atom. The quantitative estimate of drug-likeness (QED) is 0.579. The molecule has 0 spiro atoms. The summed E-state index contributed by atoms with van der Waals surface area (Å²) >= 11 is 5.58. The molecule has 0 radical (unpaired) electrons. The van der Waals surface area contributed by atoms with Gasteiger partial charge in [-0.15, -0.1) is 11.6 Å². The summed E-state index contributed by atoms with van der Waals surface area (Å²) < 4.78 is 51.3. The van der Waals surface area contributed by atoms with Gasteiger partial charge in [-0.3, -0.25) is 4.79 Å². The second-order valence-corrected chi connectivity index (χ2v) is 10.4. The highest BCUT2D eigenvalue weighted by Crippen LogP contribution is 2.19. The first-order chi connectivity index (χ1) is 10.2. The lowest BCUT2D eigenvalue weighted by atomic mass is 10.2. The first-order valence-electron chi connectivity index (χ1n) is 7.10. The van der Waals surface area contributed by atoms with E-state index in [0.717, 1.165) is 0 Å². The molecule has 2 fully saturated rings. The zero-order chi connectivity index (χ0) is 16.4. The molecule has 0 unspecified atom stereocenters. The SMILES string of the molecule is O=C(CCl)N(CCO[C@@H]1CCS(=O)(=O)C1)[C@H]1CCS(=O)(=O)C1. The van der Waals surface area contributed by atoms with Crippen LogP contribution >= 0.6 is 11.6 Å². The van der Waals surface area contributed by atoms with Gasteiger partial charge in [-0.25, -0.2) is 16.8 Å². The maximum absolute atomic E-state index is 11.9. The van der Waals surface area contributed by atoms with E-state index >= 15 is 0 Å². The summed E-state index contributed by atoms with van der Waals surface area (Å²) in [6.45, 7) is 0.404. The number of carbonyl (C=O) groups excluding carboxylic acids is 1. The number of carbonyl (C=O) groups is 1. The number of halogens is 1. The van der Waals surface area contributed by atoms with Gasteiger partial charge in [0, 0.05) is 12.6 Å². The lowest BCUT2D eigenvalue weighted by molar-refractivity contribution is -0.131. The monoisotopic (exact) mass is 373 g/mol. The molecule has 2 aliphatic rings. The summed E-state index contributed by atoms with van der Waals surface area (Å²) in [5.41, 5.74) is 0. The molecule has 10 heteroatoms. The van der Waals surface area contributed by atoms with Crippen LogP contribution in [0.5, 0.6) is 0 Å². The highest BCUT2D eigenvalue weighted by Gasteiger charge is 2.34. The van der Waals surface area contributed by atoms with Gasteiger partial charge >= 0.3 is 0 Å². The highest BCUT2D eigenvalue weighted by molar-refractivity contribution is 7.91. The molecule has 0 bridgehead atoms. The van der Waals surface area contributed by atoms with E-state index in [0.29, 0.717) is 12.8 Å². The number of rotatable bonds is 6. The summed E-state index contributed by atoms with van der Waals surface area (Å²) in [5, 5.41) is 0. The predicted molar refractivity (Wildman–Crippen MR) is 82.5 cm³/mol. The second kappa shape index (κ2) is 7.02. The highest BCUT2D eigenvalue weighted by atomic mass is 35.5. The van der Waals surface area contributed by atoms with Crippen LogP contribution in [-0.4, -0.2) is 81.8 Å². The van der Waals surface area contributed by atoms with Crippen molar-refractivity contribution in [1.82, 2.24) is 4.90 Å². The molecule has 128 valence electrons. The predicted octanol–water partition coefficient (Wildman–Crippen LogP) is -0.555. The molecule has 2 saturated heterocycles. The van der Waals surface area contributed by atoms with Crippen LogP contribution in [0.1, 0.15) is 12.8 Å². The van der Waals surface area contributed by atoms with Crippen LogP contribution in [0.2, 0.25) is 0 Å². The zero-order valence-electron chi connectivity index (χ0n) is 12.1. The molecule has 0 N–H and O–H groups in total. The Kier molecular flexibility index (Phi) is 5.73. The number of hydrogen-bond acceptors (Lipinski definition) is 6. The minimum atomic E-state index is -3.10. The number of amides is 1. The molecule has 0 aromatic carbocycles. The van der Waals surface area contributed by atoms with Gasteiger partial charge in [-0.1, -0.05) is 0 Å². The van der Waals surface area contributed by atoms with Crippen molar-refractivity contribution in [3.05, 3.63) is 0 Å². The maximum atomic E-state index is 11.9. The number of sulfone groups is 2. The van der Waals surface area contributed by atoms with Gasteiger partial charge in [0.05, 0.1) is 35.7 Å². The van der Waals surface area contributed by atoms with Crippen molar-refractivity contribution >= 4 is 37.2 Å². The van der Waals surface area contributed by atoms with Crippen molar-refractivity contribution < 1.29 is 26.4 Å². The Bertz CT molecular complexity index is 618. The summed E-state index contributed by atoms with van der Waals surface area (Å²) in [6.07, 6.45) is 0.525. The molecule has 0 saturated carbocycles. The third kappa shape index (κ3) is 4.81. The fraction of sp³-hybridized carbons (Fsp3) is 0.917. The van der Waals surface area contributed by atoms with Crippen LogP contribution in [0.15, 0.2) is 0 Å². The van der Waals surface area contributed by atoms with Crippen LogP contribution in [0.25, 0.3) is 0 Å². The van der Waals surface area contributed by atoms with E-state index in [9.17, 15) is 21.6 Å². The minimum absolute atomic E-state index is 0.00819. The van der Waals surface area contributed by atoms with Crippen molar-refractivity contribution in [2.75, 3.05) is 42.0 Å². The largest absolute Gasteiger partial charge is 0.375 e. The standard InChI is InChI=1S/C12H20ClNO6S2/c13-7-12(15)14(10-1-5-21(16,17)8-10)3-4-20-11-2-6-22(18,19)9-11/h10-11H,1-9H2/t10-,11+/m0/s1. The summed E-state index contributed by atoms with van der Waals surface area (Å²) in [7, 11) is -6.10. The molecule has 2 rings (SSSR count). The molecule has 2 heterocycles. The summed E-state index contributed by atoms with van der Waals surface area (Å²) in [5.74, 6) is -0.379. The lowest BCUT2D eigenvalue weighted by Crippen LogP contribution is -2.44. The van der Waals surface area contributed by atoms with Crippen LogP contribution in [0, 0.1) is 0 Å². The second-order valence-electron chi connectivity index (χ2n) is 5.67.